The minimum atomic E-state index is 0.744. The third-order valence-corrected chi connectivity index (χ3v) is 6.88. The molecule has 1 aromatic heterocycles. The summed E-state index contributed by atoms with van der Waals surface area (Å²) < 4.78 is 1.74. The molecule has 0 atom stereocenters. The van der Waals surface area contributed by atoms with Gasteiger partial charge in [-0.1, -0.05) is 0 Å². The zero-order valence-electron chi connectivity index (χ0n) is 6.17. The SMILES string of the molecule is CCCC[Se]c1ccc[se]1. The number of hydrogen-bond donors (Lipinski definition) is 0. The van der Waals surface area contributed by atoms with Gasteiger partial charge in [0.25, 0.3) is 0 Å². The topological polar surface area (TPSA) is 0 Å². The molecule has 0 spiro atoms. The standard InChI is InChI=1S/C8H12Se2/c1-2-3-6-9-8-5-4-7-10-8/h4-5,7H,2-3,6H2,1H3. The van der Waals surface area contributed by atoms with E-state index in [4.69, 9.17) is 0 Å². The van der Waals surface area contributed by atoms with Crippen molar-refractivity contribution < 1.29 is 0 Å². The molecule has 56 valence electrons. The van der Waals surface area contributed by atoms with Crippen LogP contribution in [0.3, 0.4) is 0 Å². The van der Waals surface area contributed by atoms with Crippen LogP contribution in [0.4, 0.5) is 0 Å². The molecule has 0 aliphatic carbocycles. The first-order valence-electron chi connectivity index (χ1n) is 3.60. The molecule has 0 radical (unpaired) electrons. The Hall–Kier alpha value is 0.519. The van der Waals surface area contributed by atoms with E-state index >= 15 is 0 Å². The summed E-state index contributed by atoms with van der Waals surface area (Å²) in [6, 6.07) is 4.53. The molecule has 0 fully saturated rings. The Labute approximate surface area is 74.9 Å². The summed E-state index contributed by atoms with van der Waals surface area (Å²) in [5.74, 6) is 0. The minimum absolute atomic E-state index is 0.744. The predicted octanol–water partition coefficient (Wildman–Crippen LogP) is 1.29. The van der Waals surface area contributed by atoms with Gasteiger partial charge in [-0.25, -0.2) is 0 Å². The fourth-order valence-corrected chi connectivity index (χ4v) is 5.70. The molecule has 0 bridgehead atoms. The van der Waals surface area contributed by atoms with Crippen molar-refractivity contribution in [1.82, 2.24) is 0 Å². The maximum absolute atomic E-state index is 2.32. The molecule has 0 aliphatic rings. The molecular weight excluding hydrogens is 254 g/mol. The molecule has 0 amide bonds. The van der Waals surface area contributed by atoms with Crippen molar-refractivity contribution >= 4 is 32.8 Å². The Balaban J connectivity index is 2.15. The third-order valence-electron chi connectivity index (χ3n) is 1.24. The van der Waals surface area contributed by atoms with E-state index in [-0.39, 0.29) is 0 Å². The first-order valence-corrected chi connectivity index (χ1v) is 7.51. The first-order chi connectivity index (χ1) is 4.93. The third kappa shape index (κ3) is 3.07. The van der Waals surface area contributed by atoms with Gasteiger partial charge in [0.15, 0.2) is 0 Å². The zero-order valence-corrected chi connectivity index (χ0v) is 9.60. The van der Waals surface area contributed by atoms with Gasteiger partial charge >= 0.3 is 75.0 Å². The maximum atomic E-state index is 2.32. The van der Waals surface area contributed by atoms with Crippen LogP contribution in [0.1, 0.15) is 19.8 Å². The van der Waals surface area contributed by atoms with Crippen molar-refractivity contribution in [3.8, 4) is 0 Å². The summed E-state index contributed by atoms with van der Waals surface area (Å²) in [5.41, 5.74) is 0. The molecule has 0 unspecified atom stereocenters. The van der Waals surface area contributed by atoms with Crippen LogP contribution >= 0.6 is 0 Å². The van der Waals surface area contributed by atoms with Crippen molar-refractivity contribution in [3.63, 3.8) is 0 Å². The first kappa shape index (κ1) is 8.61. The predicted molar refractivity (Wildman–Crippen MR) is 48.5 cm³/mol. The van der Waals surface area contributed by atoms with Gasteiger partial charge < -0.3 is 0 Å². The van der Waals surface area contributed by atoms with E-state index in [1.54, 1.807) is 3.34 Å². The summed E-state index contributed by atoms with van der Waals surface area (Å²) in [4.78, 5) is 2.32. The molecule has 1 aromatic rings. The van der Waals surface area contributed by atoms with Crippen LogP contribution < -0.4 is 3.34 Å². The van der Waals surface area contributed by atoms with E-state index in [2.05, 4.69) is 24.0 Å². The summed E-state index contributed by atoms with van der Waals surface area (Å²) in [7, 11) is 0. The quantitative estimate of drug-likeness (QED) is 0.569. The average Bonchev–Trinajstić information content (AvgIpc) is 2.41. The van der Waals surface area contributed by atoms with Gasteiger partial charge in [0, 0.05) is 0 Å². The van der Waals surface area contributed by atoms with E-state index in [1.165, 1.54) is 18.2 Å². The van der Waals surface area contributed by atoms with Gasteiger partial charge in [-0.15, -0.1) is 0 Å². The van der Waals surface area contributed by atoms with Crippen molar-refractivity contribution in [2.45, 2.75) is 25.1 Å². The number of hydrogen-bond acceptors (Lipinski definition) is 0. The second-order valence-electron chi connectivity index (χ2n) is 2.13. The molecule has 10 heavy (non-hydrogen) atoms. The van der Waals surface area contributed by atoms with Crippen molar-refractivity contribution in [1.29, 1.82) is 0 Å². The van der Waals surface area contributed by atoms with E-state index in [1.807, 2.05) is 0 Å². The fraction of sp³-hybridized carbons (Fsp3) is 0.500. The van der Waals surface area contributed by atoms with Crippen molar-refractivity contribution in [2.75, 3.05) is 0 Å². The molecule has 1 heterocycles. The average molecular weight is 266 g/mol. The zero-order chi connectivity index (χ0) is 7.23. The molecule has 0 saturated heterocycles. The Morgan fingerprint density at radius 1 is 1.60 bits per heavy atom. The van der Waals surface area contributed by atoms with Crippen LogP contribution in [0.15, 0.2) is 17.1 Å². The van der Waals surface area contributed by atoms with E-state index in [0.717, 1.165) is 29.5 Å². The number of unbranched alkanes of at least 4 members (excludes halogenated alkanes) is 1. The van der Waals surface area contributed by atoms with Gasteiger partial charge in [0.05, 0.1) is 0 Å². The Morgan fingerprint density at radius 2 is 2.50 bits per heavy atom. The second-order valence-corrected chi connectivity index (χ2v) is 7.82. The van der Waals surface area contributed by atoms with E-state index < -0.39 is 0 Å². The van der Waals surface area contributed by atoms with E-state index in [9.17, 15) is 0 Å². The molecule has 0 aromatic carbocycles. The van der Waals surface area contributed by atoms with E-state index in [0.29, 0.717) is 0 Å². The monoisotopic (exact) mass is 268 g/mol. The fourth-order valence-electron chi connectivity index (χ4n) is 0.663. The van der Waals surface area contributed by atoms with Crippen LogP contribution in [0.2, 0.25) is 5.32 Å². The van der Waals surface area contributed by atoms with Gasteiger partial charge in [0.2, 0.25) is 0 Å². The molecular formula is C8H12Se2. The molecule has 0 aliphatic heterocycles. The van der Waals surface area contributed by atoms with Gasteiger partial charge in [0.1, 0.15) is 0 Å². The van der Waals surface area contributed by atoms with Crippen LogP contribution in [-0.4, -0.2) is 29.5 Å². The van der Waals surface area contributed by atoms with Crippen LogP contribution in [0.5, 0.6) is 0 Å². The second kappa shape index (κ2) is 5.21. The molecule has 0 nitrogen and oxygen atoms in total. The molecule has 2 heteroatoms. The molecule has 1 rings (SSSR count). The number of rotatable bonds is 4. The van der Waals surface area contributed by atoms with Gasteiger partial charge in [-0.2, -0.15) is 0 Å². The molecule has 0 saturated carbocycles. The Bertz CT molecular complexity index is 156. The summed E-state index contributed by atoms with van der Waals surface area (Å²) >= 11 is 1.58. The van der Waals surface area contributed by atoms with Gasteiger partial charge in [-0.3, -0.25) is 0 Å². The summed E-state index contributed by atoms with van der Waals surface area (Å²) in [5, 5.41) is 1.46. The van der Waals surface area contributed by atoms with Crippen molar-refractivity contribution in [3.05, 3.63) is 17.1 Å². The van der Waals surface area contributed by atoms with Crippen LogP contribution in [-0.2, 0) is 0 Å². The Kier molecular flexibility index (Phi) is 4.48. The Morgan fingerprint density at radius 3 is 3.10 bits per heavy atom. The summed E-state index contributed by atoms with van der Waals surface area (Å²) in [6.07, 6.45) is 2.78. The van der Waals surface area contributed by atoms with Gasteiger partial charge in [-0.05, 0) is 0 Å². The van der Waals surface area contributed by atoms with Crippen LogP contribution in [0, 0.1) is 0 Å². The van der Waals surface area contributed by atoms with Crippen LogP contribution in [0.25, 0.3) is 0 Å². The van der Waals surface area contributed by atoms with Crippen molar-refractivity contribution in [2.24, 2.45) is 0 Å². The molecule has 0 N–H and O–H groups in total. The normalized spacial score (nSPS) is 10.1. The summed E-state index contributed by atoms with van der Waals surface area (Å²) in [6.45, 7) is 2.27.